The van der Waals surface area contributed by atoms with E-state index in [2.05, 4.69) is 11.8 Å². The molecule has 4 N–H and O–H groups in total. The number of sulfonamides is 1. The summed E-state index contributed by atoms with van der Waals surface area (Å²) in [4.78, 5) is 2.28. The highest BCUT2D eigenvalue weighted by Gasteiger charge is 2.20. The van der Waals surface area contributed by atoms with E-state index in [0.717, 1.165) is 37.5 Å². The molecule has 1 aliphatic rings. The maximum atomic E-state index is 11.3. The van der Waals surface area contributed by atoms with E-state index in [1.807, 2.05) is 0 Å². The lowest BCUT2D eigenvalue weighted by atomic mass is 9.94. The van der Waals surface area contributed by atoms with E-state index >= 15 is 0 Å². The molecule has 1 saturated heterocycles. The molecular formula is C13H21N3O2S. The second-order valence-corrected chi connectivity index (χ2v) is 6.67. The Morgan fingerprint density at radius 1 is 1.32 bits per heavy atom. The zero-order valence-corrected chi connectivity index (χ0v) is 12.0. The Morgan fingerprint density at radius 3 is 2.42 bits per heavy atom. The summed E-state index contributed by atoms with van der Waals surface area (Å²) in [6, 6.07) is 4.71. The third-order valence-electron chi connectivity index (χ3n) is 3.86. The number of nitrogens with two attached hydrogens (primary N) is 2. The van der Waals surface area contributed by atoms with Crippen LogP contribution in [0.1, 0.15) is 26.2 Å². The first-order chi connectivity index (χ1) is 8.91. The van der Waals surface area contributed by atoms with Gasteiger partial charge in [-0.1, -0.05) is 13.3 Å². The summed E-state index contributed by atoms with van der Waals surface area (Å²) >= 11 is 0. The van der Waals surface area contributed by atoms with Crippen molar-refractivity contribution in [2.24, 2.45) is 11.1 Å². The van der Waals surface area contributed by atoms with Crippen LogP contribution in [0.15, 0.2) is 23.1 Å². The van der Waals surface area contributed by atoms with Crippen LogP contribution in [0.2, 0.25) is 0 Å². The Bertz CT molecular complexity index is 549. The van der Waals surface area contributed by atoms with Crippen molar-refractivity contribution in [2.75, 3.05) is 23.7 Å². The fraction of sp³-hybridized carbons (Fsp3) is 0.538. The molecule has 6 heteroatoms. The van der Waals surface area contributed by atoms with Gasteiger partial charge < -0.3 is 10.6 Å². The van der Waals surface area contributed by atoms with E-state index in [1.165, 1.54) is 18.6 Å². The molecule has 0 radical (unpaired) electrons. The van der Waals surface area contributed by atoms with Crippen LogP contribution in [0.3, 0.4) is 0 Å². The summed E-state index contributed by atoms with van der Waals surface area (Å²) < 4.78 is 22.5. The molecule has 1 aliphatic heterocycles. The van der Waals surface area contributed by atoms with Crippen molar-refractivity contribution in [1.82, 2.24) is 0 Å². The van der Waals surface area contributed by atoms with Crippen molar-refractivity contribution >= 4 is 21.4 Å². The van der Waals surface area contributed by atoms with Gasteiger partial charge in [-0.15, -0.1) is 0 Å². The van der Waals surface area contributed by atoms with Crippen LogP contribution in [0.4, 0.5) is 11.4 Å². The van der Waals surface area contributed by atoms with Gasteiger partial charge in [-0.25, -0.2) is 13.6 Å². The minimum absolute atomic E-state index is 0.0668. The fourth-order valence-electron chi connectivity index (χ4n) is 2.58. The van der Waals surface area contributed by atoms with Gasteiger partial charge in [-0.2, -0.15) is 0 Å². The van der Waals surface area contributed by atoms with Crippen LogP contribution >= 0.6 is 0 Å². The number of anilines is 2. The molecule has 1 aromatic rings. The number of nitrogen functional groups attached to an aromatic ring is 1. The third-order valence-corrected chi connectivity index (χ3v) is 4.77. The van der Waals surface area contributed by atoms with E-state index in [9.17, 15) is 8.42 Å². The number of nitrogens with zero attached hydrogens (tertiary/aromatic N) is 1. The quantitative estimate of drug-likeness (QED) is 0.823. The molecule has 106 valence electrons. The van der Waals surface area contributed by atoms with Crippen molar-refractivity contribution in [3.8, 4) is 0 Å². The number of benzene rings is 1. The van der Waals surface area contributed by atoms with Gasteiger partial charge in [0.2, 0.25) is 10.0 Å². The largest absolute Gasteiger partial charge is 0.397 e. The van der Waals surface area contributed by atoms with Crippen LogP contribution in [0, 0.1) is 5.92 Å². The van der Waals surface area contributed by atoms with Crippen LogP contribution in [0.5, 0.6) is 0 Å². The third kappa shape index (κ3) is 3.19. The lowest BCUT2D eigenvalue weighted by Gasteiger charge is -2.34. The molecule has 5 nitrogen and oxygen atoms in total. The standard InChI is InChI=1S/C13H21N3O2S/c1-2-10-5-7-16(8-6-10)13-4-3-11(9-12(13)14)19(15,17)18/h3-4,9-10H,2,5-8,14H2,1H3,(H2,15,17,18). The Balaban J connectivity index is 2.18. The normalized spacial score (nSPS) is 17.7. The highest BCUT2D eigenvalue weighted by Crippen LogP contribution is 2.30. The summed E-state index contributed by atoms with van der Waals surface area (Å²) in [5.41, 5.74) is 7.33. The maximum Gasteiger partial charge on any atom is 0.238 e. The molecule has 0 spiro atoms. The van der Waals surface area contributed by atoms with Gasteiger partial charge in [0, 0.05) is 13.1 Å². The maximum absolute atomic E-state index is 11.3. The zero-order valence-electron chi connectivity index (χ0n) is 11.2. The molecule has 0 atom stereocenters. The highest BCUT2D eigenvalue weighted by atomic mass is 32.2. The molecule has 1 fully saturated rings. The Labute approximate surface area is 114 Å². The molecule has 0 saturated carbocycles. The molecule has 19 heavy (non-hydrogen) atoms. The lowest BCUT2D eigenvalue weighted by Crippen LogP contribution is -2.34. The number of hydrogen-bond donors (Lipinski definition) is 2. The lowest BCUT2D eigenvalue weighted by molar-refractivity contribution is 0.395. The molecule has 0 bridgehead atoms. The molecule has 1 heterocycles. The number of primary sulfonamides is 1. The van der Waals surface area contributed by atoms with Gasteiger partial charge in [-0.05, 0) is 37.0 Å². The van der Waals surface area contributed by atoms with Crippen molar-refractivity contribution in [3.05, 3.63) is 18.2 Å². The molecule has 0 aromatic heterocycles. The molecule has 0 aliphatic carbocycles. The Morgan fingerprint density at radius 2 is 1.95 bits per heavy atom. The van der Waals surface area contributed by atoms with Crippen molar-refractivity contribution in [3.63, 3.8) is 0 Å². The van der Waals surface area contributed by atoms with E-state index in [0.29, 0.717) is 5.69 Å². The van der Waals surface area contributed by atoms with Crippen molar-refractivity contribution in [2.45, 2.75) is 31.1 Å². The average molecular weight is 283 g/mol. The van der Waals surface area contributed by atoms with E-state index in [4.69, 9.17) is 10.9 Å². The first kappa shape index (κ1) is 14.1. The summed E-state index contributed by atoms with van der Waals surface area (Å²) in [5, 5.41) is 5.09. The molecular weight excluding hydrogens is 262 g/mol. The van der Waals surface area contributed by atoms with Gasteiger partial charge in [0.05, 0.1) is 16.3 Å². The van der Waals surface area contributed by atoms with E-state index in [-0.39, 0.29) is 4.90 Å². The summed E-state index contributed by atoms with van der Waals surface area (Å²) in [6.07, 6.45) is 3.54. The number of rotatable bonds is 3. The van der Waals surface area contributed by atoms with Crippen LogP contribution in [-0.4, -0.2) is 21.5 Å². The molecule has 0 unspecified atom stereocenters. The van der Waals surface area contributed by atoms with Gasteiger partial charge >= 0.3 is 0 Å². The second-order valence-electron chi connectivity index (χ2n) is 5.10. The Kier molecular flexibility index (Phi) is 4.01. The zero-order chi connectivity index (χ0) is 14.0. The summed E-state index contributed by atoms with van der Waals surface area (Å²) in [5.74, 6) is 0.793. The van der Waals surface area contributed by atoms with Gasteiger partial charge in [0.15, 0.2) is 0 Å². The van der Waals surface area contributed by atoms with E-state index < -0.39 is 10.0 Å². The Hall–Kier alpha value is -1.27. The van der Waals surface area contributed by atoms with Gasteiger partial charge in [0.25, 0.3) is 0 Å². The van der Waals surface area contributed by atoms with E-state index in [1.54, 1.807) is 6.07 Å². The first-order valence-electron chi connectivity index (χ1n) is 6.59. The number of hydrogen-bond acceptors (Lipinski definition) is 4. The fourth-order valence-corrected chi connectivity index (χ4v) is 3.13. The monoisotopic (exact) mass is 283 g/mol. The average Bonchev–Trinajstić information content (AvgIpc) is 2.38. The summed E-state index contributed by atoms with van der Waals surface area (Å²) in [6.45, 7) is 4.16. The molecule has 0 amide bonds. The van der Waals surface area contributed by atoms with Crippen LogP contribution in [0.25, 0.3) is 0 Å². The molecule has 1 aromatic carbocycles. The minimum atomic E-state index is -3.68. The smallest absolute Gasteiger partial charge is 0.238 e. The number of piperidine rings is 1. The van der Waals surface area contributed by atoms with Gasteiger partial charge in [0.1, 0.15) is 0 Å². The van der Waals surface area contributed by atoms with Gasteiger partial charge in [-0.3, -0.25) is 0 Å². The van der Waals surface area contributed by atoms with Crippen LogP contribution in [-0.2, 0) is 10.0 Å². The predicted molar refractivity (Wildman–Crippen MR) is 77.5 cm³/mol. The minimum Gasteiger partial charge on any atom is -0.397 e. The van der Waals surface area contributed by atoms with Crippen molar-refractivity contribution in [1.29, 1.82) is 0 Å². The topological polar surface area (TPSA) is 89.4 Å². The SMILES string of the molecule is CCC1CCN(c2ccc(S(N)(=O)=O)cc2N)CC1. The summed E-state index contributed by atoms with van der Waals surface area (Å²) in [7, 11) is -3.68. The highest BCUT2D eigenvalue weighted by molar-refractivity contribution is 7.89. The van der Waals surface area contributed by atoms with Crippen LogP contribution < -0.4 is 15.8 Å². The molecule has 2 rings (SSSR count). The predicted octanol–water partition coefficient (Wildman–Crippen LogP) is 1.54. The van der Waals surface area contributed by atoms with Crippen molar-refractivity contribution < 1.29 is 8.42 Å². The first-order valence-corrected chi connectivity index (χ1v) is 8.13. The second kappa shape index (κ2) is 5.38.